The van der Waals surface area contributed by atoms with Gasteiger partial charge >= 0.3 is 0 Å². The van der Waals surface area contributed by atoms with Crippen LogP contribution in [-0.2, 0) is 15.5 Å². The smallest absolute Gasteiger partial charge is 0.294 e. The van der Waals surface area contributed by atoms with Crippen LogP contribution in [0.5, 0.6) is 11.5 Å². The van der Waals surface area contributed by atoms with Crippen LogP contribution >= 0.6 is 0 Å². The molecule has 27 heavy (non-hydrogen) atoms. The molecule has 3 rings (SSSR count). The zero-order valence-corrected chi connectivity index (χ0v) is 15.7. The Morgan fingerprint density at radius 3 is 2.11 bits per heavy atom. The number of hydrogen-bond donors (Lipinski definition) is 3. The van der Waals surface area contributed by atoms with Crippen molar-refractivity contribution >= 4 is 10.1 Å². The normalized spacial score (nSPS) is 12.1. The van der Waals surface area contributed by atoms with Crippen molar-refractivity contribution in [3.63, 3.8) is 0 Å². The average Bonchev–Trinajstić information content (AvgIpc) is 2.62. The molecule has 3 aromatic carbocycles. The molecule has 0 saturated carbocycles. The molecule has 0 atom stereocenters. The van der Waals surface area contributed by atoms with Gasteiger partial charge in [-0.25, -0.2) is 0 Å². The van der Waals surface area contributed by atoms with Gasteiger partial charge in [0.25, 0.3) is 10.1 Å². The van der Waals surface area contributed by atoms with E-state index in [1.54, 1.807) is 18.2 Å². The summed E-state index contributed by atoms with van der Waals surface area (Å²) in [6.07, 6.45) is 0. The summed E-state index contributed by atoms with van der Waals surface area (Å²) in [4.78, 5) is -0.359. The van der Waals surface area contributed by atoms with Crippen LogP contribution in [0.15, 0.2) is 71.6 Å². The summed E-state index contributed by atoms with van der Waals surface area (Å²) in [5, 5.41) is 21.1. The molecule has 0 fully saturated rings. The van der Waals surface area contributed by atoms with Gasteiger partial charge in [-0.1, -0.05) is 62.4 Å². The van der Waals surface area contributed by atoms with Crippen LogP contribution in [0.25, 0.3) is 11.1 Å². The van der Waals surface area contributed by atoms with Crippen LogP contribution in [-0.4, -0.2) is 23.2 Å². The zero-order chi connectivity index (χ0) is 19.8. The largest absolute Gasteiger partial charge is 0.507 e. The van der Waals surface area contributed by atoms with Gasteiger partial charge in [0.15, 0.2) is 0 Å². The number of hydrogen-bond acceptors (Lipinski definition) is 4. The fraction of sp³-hybridized carbons (Fsp3) is 0.143. The number of para-hydroxylation sites is 1. The SMILES string of the molecule is CC(C)(c1ccccc1)c1cccc(-c2cc(S(=O)(=O)O)ccc2O)c1O. The first-order valence-corrected chi connectivity index (χ1v) is 9.75. The summed E-state index contributed by atoms with van der Waals surface area (Å²) in [5.41, 5.74) is 1.49. The van der Waals surface area contributed by atoms with E-state index in [1.165, 1.54) is 6.07 Å². The Morgan fingerprint density at radius 2 is 1.48 bits per heavy atom. The maximum absolute atomic E-state index is 11.4. The Morgan fingerprint density at radius 1 is 0.815 bits per heavy atom. The van der Waals surface area contributed by atoms with E-state index >= 15 is 0 Å². The molecule has 5 nitrogen and oxygen atoms in total. The van der Waals surface area contributed by atoms with E-state index in [1.807, 2.05) is 44.2 Å². The van der Waals surface area contributed by atoms with E-state index in [0.717, 1.165) is 17.7 Å². The van der Waals surface area contributed by atoms with Gasteiger partial charge in [-0.2, -0.15) is 8.42 Å². The van der Waals surface area contributed by atoms with Crippen LogP contribution in [0.4, 0.5) is 0 Å². The zero-order valence-electron chi connectivity index (χ0n) is 14.9. The number of aromatic hydroxyl groups is 2. The number of phenols is 2. The monoisotopic (exact) mass is 384 g/mol. The molecule has 0 spiro atoms. The fourth-order valence-corrected chi connectivity index (χ4v) is 3.67. The van der Waals surface area contributed by atoms with Crippen molar-refractivity contribution in [1.82, 2.24) is 0 Å². The van der Waals surface area contributed by atoms with E-state index in [9.17, 15) is 23.2 Å². The van der Waals surface area contributed by atoms with Gasteiger partial charge in [-0.05, 0) is 23.8 Å². The summed E-state index contributed by atoms with van der Waals surface area (Å²) in [7, 11) is -4.44. The Balaban J connectivity index is 2.20. The third kappa shape index (κ3) is 3.54. The molecular weight excluding hydrogens is 364 g/mol. The Kier molecular flexibility index (Phi) is 4.71. The first kappa shape index (κ1) is 18.9. The summed E-state index contributed by atoms with van der Waals surface area (Å²) in [6, 6.07) is 18.2. The number of benzene rings is 3. The quantitative estimate of drug-likeness (QED) is 0.582. The van der Waals surface area contributed by atoms with E-state index in [0.29, 0.717) is 5.56 Å². The maximum Gasteiger partial charge on any atom is 0.294 e. The van der Waals surface area contributed by atoms with Gasteiger partial charge in [0.2, 0.25) is 0 Å². The highest BCUT2D eigenvalue weighted by molar-refractivity contribution is 7.85. The lowest BCUT2D eigenvalue weighted by molar-refractivity contribution is 0.452. The minimum absolute atomic E-state index is 0.0610. The maximum atomic E-state index is 11.4. The molecule has 0 saturated heterocycles. The lowest BCUT2D eigenvalue weighted by atomic mass is 9.76. The summed E-state index contributed by atoms with van der Waals surface area (Å²) in [5.74, 6) is -0.262. The van der Waals surface area contributed by atoms with Crippen LogP contribution in [0.3, 0.4) is 0 Å². The summed E-state index contributed by atoms with van der Waals surface area (Å²) < 4.78 is 32.2. The van der Waals surface area contributed by atoms with Crippen LogP contribution < -0.4 is 0 Å². The summed E-state index contributed by atoms with van der Waals surface area (Å²) in [6.45, 7) is 3.94. The molecule has 0 heterocycles. The molecular formula is C21H20O5S. The predicted molar refractivity (Wildman–Crippen MR) is 104 cm³/mol. The highest BCUT2D eigenvalue weighted by atomic mass is 32.2. The molecule has 0 aliphatic heterocycles. The molecule has 0 bridgehead atoms. The minimum Gasteiger partial charge on any atom is -0.507 e. The Hall–Kier alpha value is -2.83. The molecule has 0 aromatic heterocycles. The molecule has 3 aromatic rings. The Labute approximate surface area is 158 Å². The molecule has 6 heteroatoms. The van der Waals surface area contributed by atoms with Gasteiger partial charge in [-0.3, -0.25) is 4.55 Å². The van der Waals surface area contributed by atoms with Crippen LogP contribution in [0.1, 0.15) is 25.0 Å². The molecule has 0 aliphatic rings. The summed E-state index contributed by atoms with van der Waals surface area (Å²) >= 11 is 0. The number of phenolic OH excluding ortho intramolecular Hbond substituents is 2. The average molecular weight is 384 g/mol. The van der Waals surface area contributed by atoms with Crippen molar-refractivity contribution < 1.29 is 23.2 Å². The number of rotatable bonds is 4. The van der Waals surface area contributed by atoms with Crippen LogP contribution in [0, 0.1) is 0 Å². The van der Waals surface area contributed by atoms with E-state index < -0.39 is 15.5 Å². The standard InChI is InChI=1S/C21H20O5S/c1-21(2,14-7-4-3-5-8-14)18-10-6-9-16(20(18)23)17-13-15(27(24,25)26)11-12-19(17)22/h3-13,22-23H,1-2H3,(H,24,25,26). The second-order valence-corrected chi connectivity index (χ2v) is 8.27. The van der Waals surface area contributed by atoms with Crippen molar-refractivity contribution in [2.45, 2.75) is 24.2 Å². The van der Waals surface area contributed by atoms with Gasteiger partial charge < -0.3 is 10.2 Å². The van der Waals surface area contributed by atoms with Crippen molar-refractivity contribution in [1.29, 1.82) is 0 Å². The lowest BCUT2D eigenvalue weighted by Crippen LogP contribution is -2.19. The minimum atomic E-state index is -4.44. The topological polar surface area (TPSA) is 94.8 Å². The first-order chi connectivity index (χ1) is 12.6. The van der Waals surface area contributed by atoms with E-state index in [2.05, 4.69) is 0 Å². The van der Waals surface area contributed by atoms with Crippen molar-refractivity contribution in [3.8, 4) is 22.6 Å². The first-order valence-electron chi connectivity index (χ1n) is 8.31. The second kappa shape index (κ2) is 6.72. The van der Waals surface area contributed by atoms with Crippen molar-refractivity contribution in [2.75, 3.05) is 0 Å². The third-order valence-electron chi connectivity index (χ3n) is 4.76. The molecule has 0 unspecified atom stereocenters. The van der Waals surface area contributed by atoms with Gasteiger partial charge in [-0.15, -0.1) is 0 Å². The fourth-order valence-electron chi connectivity index (χ4n) is 3.17. The molecule has 3 N–H and O–H groups in total. The van der Waals surface area contributed by atoms with Gasteiger partial charge in [0.05, 0.1) is 4.90 Å². The third-order valence-corrected chi connectivity index (χ3v) is 5.61. The molecule has 0 amide bonds. The lowest BCUT2D eigenvalue weighted by Gasteiger charge is -2.28. The van der Waals surface area contributed by atoms with Gasteiger partial charge in [0.1, 0.15) is 11.5 Å². The molecule has 0 radical (unpaired) electrons. The van der Waals surface area contributed by atoms with Crippen molar-refractivity contribution in [3.05, 3.63) is 77.9 Å². The highest BCUT2D eigenvalue weighted by Gasteiger charge is 2.28. The molecule has 0 aliphatic carbocycles. The van der Waals surface area contributed by atoms with Gasteiger partial charge in [0, 0.05) is 22.1 Å². The van der Waals surface area contributed by atoms with E-state index in [-0.39, 0.29) is 27.5 Å². The van der Waals surface area contributed by atoms with E-state index in [4.69, 9.17) is 0 Å². The Bertz CT molecular complexity index is 1090. The molecule has 140 valence electrons. The van der Waals surface area contributed by atoms with Crippen LogP contribution in [0.2, 0.25) is 0 Å². The highest BCUT2D eigenvalue weighted by Crippen LogP contribution is 2.44. The van der Waals surface area contributed by atoms with Crippen molar-refractivity contribution in [2.24, 2.45) is 0 Å². The predicted octanol–water partition coefficient (Wildman–Crippen LogP) is 4.34. The second-order valence-electron chi connectivity index (χ2n) is 6.85.